The van der Waals surface area contributed by atoms with Gasteiger partial charge in [0.15, 0.2) is 0 Å². The molecule has 0 saturated carbocycles. The average Bonchev–Trinajstić information content (AvgIpc) is 3.21. The molecule has 3 aromatic rings. The summed E-state index contributed by atoms with van der Waals surface area (Å²) >= 11 is 1.56. The molecule has 1 aromatic heterocycles. The highest BCUT2D eigenvalue weighted by atomic mass is 32.1. The van der Waals surface area contributed by atoms with E-state index in [-0.39, 0.29) is 11.9 Å². The number of benzene rings is 2. The molecule has 2 heterocycles. The number of ether oxygens (including phenoxy) is 1. The van der Waals surface area contributed by atoms with E-state index in [2.05, 4.69) is 22.3 Å². The molecule has 1 atom stereocenters. The van der Waals surface area contributed by atoms with Crippen LogP contribution < -0.4 is 10.2 Å². The van der Waals surface area contributed by atoms with E-state index in [9.17, 15) is 4.79 Å². The molecule has 1 aliphatic heterocycles. The summed E-state index contributed by atoms with van der Waals surface area (Å²) in [6.07, 6.45) is 0. The number of carbonyl (C=O) groups is 1. The highest BCUT2D eigenvalue weighted by Gasteiger charge is 2.22. The Hall–Kier alpha value is -2.63. The molecule has 28 heavy (non-hydrogen) atoms. The predicted octanol–water partition coefficient (Wildman–Crippen LogP) is 4.74. The number of hydrogen-bond acceptors (Lipinski definition) is 4. The number of amides is 1. The van der Waals surface area contributed by atoms with Gasteiger partial charge in [-0.3, -0.25) is 4.79 Å². The SMILES string of the molecule is C[C@H](NC(=O)c1cc(-c2ccccc2)c(N2CCOCC2)s1)c1ccccc1. The van der Waals surface area contributed by atoms with Gasteiger partial charge in [0.25, 0.3) is 5.91 Å². The van der Waals surface area contributed by atoms with Crippen LogP contribution in [0, 0.1) is 0 Å². The van der Waals surface area contributed by atoms with Crippen LogP contribution in [0.4, 0.5) is 5.00 Å². The highest BCUT2D eigenvalue weighted by Crippen LogP contribution is 2.39. The van der Waals surface area contributed by atoms with Crippen molar-refractivity contribution in [2.24, 2.45) is 0 Å². The van der Waals surface area contributed by atoms with Crippen LogP contribution >= 0.6 is 11.3 Å². The summed E-state index contributed by atoms with van der Waals surface area (Å²) in [5.41, 5.74) is 3.35. The third-order valence-electron chi connectivity index (χ3n) is 4.97. The second kappa shape index (κ2) is 8.59. The maximum Gasteiger partial charge on any atom is 0.261 e. The lowest BCUT2D eigenvalue weighted by Gasteiger charge is -2.28. The van der Waals surface area contributed by atoms with Crippen LogP contribution in [0.3, 0.4) is 0 Å². The zero-order chi connectivity index (χ0) is 19.3. The number of morpholine rings is 1. The Kier molecular flexibility index (Phi) is 5.74. The van der Waals surface area contributed by atoms with Gasteiger partial charge < -0.3 is 15.0 Å². The van der Waals surface area contributed by atoms with Gasteiger partial charge in [-0.05, 0) is 24.1 Å². The van der Waals surface area contributed by atoms with Crippen molar-refractivity contribution in [2.75, 3.05) is 31.2 Å². The molecule has 144 valence electrons. The van der Waals surface area contributed by atoms with Gasteiger partial charge in [-0.2, -0.15) is 0 Å². The summed E-state index contributed by atoms with van der Waals surface area (Å²) in [5, 5.41) is 4.28. The summed E-state index contributed by atoms with van der Waals surface area (Å²) in [7, 11) is 0. The monoisotopic (exact) mass is 392 g/mol. The summed E-state index contributed by atoms with van der Waals surface area (Å²) in [6, 6.07) is 22.3. The molecule has 0 spiro atoms. The zero-order valence-corrected chi connectivity index (χ0v) is 16.7. The van der Waals surface area contributed by atoms with Gasteiger partial charge in [0.1, 0.15) is 0 Å². The Balaban J connectivity index is 1.62. The van der Waals surface area contributed by atoms with Crippen molar-refractivity contribution in [1.29, 1.82) is 0 Å². The molecule has 1 fully saturated rings. The second-order valence-electron chi connectivity index (χ2n) is 6.90. The van der Waals surface area contributed by atoms with Gasteiger partial charge in [-0.1, -0.05) is 60.7 Å². The molecule has 0 aliphatic carbocycles. The van der Waals surface area contributed by atoms with E-state index in [1.165, 1.54) is 0 Å². The molecule has 4 nitrogen and oxygen atoms in total. The first-order chi connectivity index (χ1) is 13.7. The Morgan fingerprint density at radius 2 is 1.68 bits per heavy atom. The van der Waals surface area contributed by atoms with E-state index in [0.717, 1.165) is 52.9 Å². The van der Waals surface area contributed by atoms with Crippen molar-refractivity contribution >= 4 is 22.2 Å². The number of rotatable bonds is 5. The van der Waals surface area contributed by atoms with E-state index in [1.807, 2.05) is 61.5 Å². The smallest absolute Gasteiger partial charge is 0.261 e. The van der Waals surface area contributed by atoms with Crippen LogP contribution in [0.1, 0.15) is 28.2 Å². The Morgan fingerprint density at radius 1 is 1.04 bits per heavy atom. The van der Waals surface area contributed by atoms with E-state index in [1.54, 1.807) is 11.3 Å². The minimum absolute atomic E-state index is 0.0296. The maximum atomic E-state index is 13.0. The van der Waals surface area contributed by atoms with Crippen LogP contribution in [-0.4, -0.2) is 32.2 Å². The molecule has 4 rings (SSSR count). The van der Waals surface area contributed by atoms with Crippen LogP contribution in [-0.2, 0) is 4.74 Å². The van der Waals surface area contributed by atoms with E-state index >= 15 is 0 Å². The second-order valence-corrected chi connectivity index (χ2v) is 7.93. The maximum absolute atomic E-state index is 13.0. The zero-order valence-electron chi connectivity index (χ0n) is 15.9. The largest absolute Gasteiger partial charge is 0.378 e. The minimum atomic E-state index is -0.0391. The fraction of sp³-hybridized carbons (Fsp3) is 0.261. The molecule has 1 amide bonds. The number of thiophene rings is 1. The topological polar surface area (TPSA) is 41.6 Å². The van der Waals surface area contributed by atoms with E-state index < -0.39 is 0 Å². The number of carbonyl (C=O) groups excluding carboxylic acids is 1. The molecule has 1 N–H and O–H groups in total. The molecule has 0 radical (unpaired) electrons. The van der Waals surface area contributed by atoms with Crippen molar-refractivity contribution in [3.8, 4) is 11.1 Å². The number of hydrogen-bond donors (Lipinski definition) is 1. The fourth-order valence-electron chi connectivity index (χ4n) is 3.41. The highest BCUT2D eigenvalue weighted by molar-refractivity contribution is 7.18. The van der Waals surface area contributed by atoms with Crippen molar-refractivity contribution in [2.45, 2.75) is 13.0 Å². The molecule has 0 bridgehead atoms. The number of anilines is 1. The third kappa shape index (κ3) is 4.11. The van der Waals surface area contributed by atoms with Gasteiger partial charge >= 0.3 is 0 Å². The third-order valence-corrected chi connectivity index (χ3v) is 6.16. The van der Waals surface area contributed by atoms with E-state index in [0.29, 0.717) is 0 Å². The van der Waals surface area contributed by atoms with Crippen molar-refractivity contribution in [3.63, 3.8) is 0 Å². The first-order valence-electron chi connectivity index (χ1n) is 9.60. The van der Waals surface area contributed by atoms with Gasteiger partial charge in [0.2, 0.25) is 0 Å². The molecule has 5 heteroatoms. The van der Waals surface area contributed by atoms with Gasteiger partial charge in [0, 0.05) is 18.7 Å². The minimum Gasteiger partial charge on any atom is -0.378 e. The van der Waals surface area contributed by atoms with Crippen molar-refractivity contribution < 1.29 is 9.53 Å². The van der Waals surface area contributed by atoms with Crippen LogP contribution in [0.25, 0.3) is 11.1 Å². The van der Waals surface area contributed by atoms with Gasteiger partial charge in [-0.15, -0.1) is 11.3 Å². The van der Waals surface area contributed by atoms with Gasteiger partial charge in [0.05, 0.1) is 29.1 Å². The van der Waals surface area contributed by atoms with Gasteiger partial charge in [-0.25, -0.2) is 0 Å². The standard InChI is InChI=1S/C23H24N2O2S/c1-17(18-8-4-2-5-9-18)24-22(26)21-16-20(19-10-6-3-7-11-19)23(28-21)25-12-14-27-15-13-25/h2-11,16-17H,12-15H2,1H3,(H,24,26)/t17-/m0/s1. The molecule has 2 aromatic carbocycles. The Morgan fingerprint density at radius 3 is 2.36 bits per heavy atom. The van der Waals surface area contributed by atoms with E-state index in [4.69, 9.17) is 4.74 Å². The molecular formula is C23H24N2O2S. The van der Waals surface area contributed by atoms with Crippen LogP contribution in [0.15, 0.2) is 66.7 Å². The summed E-state index contributed by atoms with van der Waals surface area (Å²) in [5.74, 6) is -0.0296. The molecule has 0 unspecified atom stereocenters. The Labute approximate surface area is 169 Å². The molecular weight excluding hydrogens is 368 g/mol. The van der Waals surface area contributed by atoms with Crippen LogP contribution in [0.5, 0.6) is 0 Å². The average molecular weight is 393 g/mol. The summed E-state index contributed by atoms with van der Waals surface area (Å²) in [4.78, 5) is 16.0. The Bertz CT molecular complexity index is 918. The predicted molar refractivity (Wildman–Crippen MR) is 115 cm³/mol. The number of nitrogens with zero attached hydrogens (tertiary/aromatic N) is 1. The van der Waals surface area contributed by atoms with Crippen LogP contribution in [0.2, 0.25) is 0 Å². The first kappa shape index (κ1) is 18.7. The summed E-state index contributed by atoms with van der Waals surface area (Å²) in [6.45, 7) is 5.16. The normalized spacial score (nSPS) is 15.2. The van der Waals surface area contributed by atoms with Crippen molar-refractivity contribution in [3.05, 3.63) is 77.2 Å². The molecule has 1 aliphatic rings. The fourth-order valence-corrected chi connectivity index (χ4v) is 4.55. The quantitative estimate of drug-likeness (QED) is 0.682. The lowest BCUT2D eigenvalue weighted by molar-refractivity contribution is 0.0944. The first-order valence-corrected chi connectivity index (χ1v) is 10.4. The number of nitrogens with one attached hydrogen (secondary N) is 1. The lowest BCUT2D eigenvalue weighted by Crippen LogP contribution is -2.35. The lowest BCUT2D eigenvalue weighted by atomic mass is 10.1. The molecule has 1 saturated heterocycles. The summed E-state index contributed by atoms with van der Waals surface area (Å²) < 4.78 is 5.51. The van der Waals surface area contributed by atoms with Crippen molar-refractivity contribution in [1.82, 2.24) is 5.32 Å².